The van der Waals surface area contributed by atoms with E-state index in [0.29, 0.717) is 5.75 Å². The zero-order valence-electron chi connectivity index (χ0n) is 10.3. The molecule has 0 radical (unpaired) electrons. The lowest BCUT2D eigenvalue weighted by molar-refractivity contribution is -0.115. The number of nitrogens with zero attached hydrogens (tertiary/aromatic N) is 2. The van der Waals surface area contributed by atoms with Gasteiger partial charge in [0, 0.05) is 6.04 Å². The Morgan fingerprint density at radius 2 is 1.94 bits per heavy atom. The second kappa shape index (κ2) is 4.92. The predicted molar refractivity (Wildman–Crippen MR) is 73.7 cm³/mol. The molecule has 90 valence electrons. The highest BCUT2D eigenvalue weighted by Crippen LogP contribution is 2.27. The molecule has 0 spiro atoms. The summed E-state index contributed by atoms with van der Waals surface area (Å²) in [5.41, 5.74) is 2.10. The quantitative estimate of drug-likeness (QED) is 0.806. The van der Waals surface area contributed by atoms with E-state index >= 15 is 0 Å². The van der Waals surface area contributed by atoms with Crippen molar-refractivity contribution in [3.63, 3.8) is 0 Å². The molecular weight excluding hydrogens is 232 g/mol. The zero-order valence-corrected chi connectivity index (χ0v) is 11.1. The Bertz CT molecular complexity index is 451. The predicted octanol–water partition coefficient (Wildman–Crippen LogP) is 2.84. The average Bonchev–Trinajstić information content (AvgIpc) is 2.61. The number of hydrogen-bond acceptors (Lipinski definition) is 3. The Labute approximate surface area is 106 Å². The van der Waals surface area contributed by atoms with Crippen LogP contribution in [0.3, 0.4) is 0 Å². The summed E-state index contributed by atoms with van der Waals surface area (Å²) in [6.07, 6.45) is 0. The third-order valence-electron chi connectivity index (χ3n) is 2.43. The van der Waals surface area contributed by atoms with Gasteiger partial charge in [0.25, 0.3) is 0 Å². The number of aryl methyl sites for hydroxylation is 1. The number of carbonyl (C=O) groups is 1. The molecule has 1 heterocycles. The van der Waals surface area contributed by atoms with Gasteiger partial charge in [0.15, 0.2) is 5.17 Å². The highest BCUT2D eigenvalue weighted by Gasteiger charge is 2.29. The highest BCUT2D eigenvalue weighted by molar-refractivity contribution is 8.15. The Morgan fingerprint density at radius 1 is 1.29 bits per heavy atom. The Hall–Kier alpha value is -1.29. The Morgan fingerprint density at radius 3 is 2.53 bits per heavy atom. The van der Waals surface area contributed by atoms with Crippen LogP contribution in [-0.4, -0.2) is 22.9 Å². The van der Waals surface area contributed by atoms with Gasteiger partial charge in [0.2, 0.25) is 5.91 Å². The van der Waals surface area contributed by atoms with E-state index in [-0.39, 0.29) is 11.9 Å². The molecule has 0 aromatic heterocycles. The number of benzene rings is 1. The molecule has 0 unspecified atom stereocenters. The Balaban J connectivity index is 2.34. The smallest absolute Gasteiger partial charge is 0.243 e. The number of anilines is 1. The minimum absolute atomic E-state index is 0.109. The first-order valence-corrected chi connectivity index (χ1v) is 6.66. The summed E-state index contributed by atoms with van der Waals surface area (Å²) in [5.74, 6) is 0.595. The summed E-state index contributed by atoms with van der Waals surface area (Å²) in [7, 11) is 0. The minimum atomic E-state index is 0.109. The van der Waals surface area contributed by atoms with Gasteiger partial charge in [0.05, 0.1) is 11.4 Å². The van der Waals surface area contributed by atoms with Crippen LogP contribution in [0.15, 0.2) is 29.3 Å². The van der Waals surface area contributed by atoms with Crippen LogP contribution >= 0.6 is 11.8 Å². The molecule has 1 saturated heterocycles. The fourth-order valence-corrected chi connectivity index (χ4v) is 2.63. The summed E-state index contributed by atoms with van der Waals surface area (Å²) in [6.45, 7) is 6.07. The standard InChI is InChI=1S/C13H16N2OS/c1-9(2)14-13-15(12(16)8-17-13)11-6-4-10(3)5-7-11/h4-7,9H,8H2,1-3H3. The molecule has 1 amide bonds. The lowest BCUT2D eigenvalue weighted by atomic mass is 10.2. The normalized spacial score (nSPS) is 18.5. The molecule has 1 fully saturated rings. The van der Waals surface area contributed by atoms with Crippen molar-refractivity contribution >= 4 is 28.5 Å². The first-order chi connectivity index (χ1) is 8.08. The van der Waals surface area contributed by atoms with Crippen molar-refractivity contribution in [2.45, 2.75) is 26.8 Å². The third kappa shape index (κ3) is 2.69. The molecule has 0 N–H and O–H groups in total. The zero-order chi connectivity index (χ0) is 12.4. The number of thioether (sulfide) groups is 1. The van der Waals surface area contributed by atoms with Crippen LogP contribution in [0.25, 0.3) is 0 Å². The van der Waals surface area contributed by atoms with Crippen molar-refractivity contribution < 1.29 is 4.79 Å². The van der Waals surface area contributed by atoms with E-state index in [4.69, 9.17) is 0 Å². The summed E-state index contributed by atoms with van der Waals surface area (Å²) < 4.78 is 0. The largest absolute Gasteiger partial charge is 0.273 e. The molecule has 0 atom stereocenters. The first-order valence-electron chi connectivity index (χ1n) is 5.68. The molecule has 0 aliphatic carbocycles. The third-order valence-corrected chi connectivity index (χ3v) is 3.36. The molecule has 4 heteroatoms. The van der Waals surface area contributed by atoms with Crippen LogP contribution in [0.1, 0.15) is 19.4 Å². The van der Waals surface area contributed by atoms with E-state index in [1.165, 1.54) is 17.3 Å². The summed E-state index contributed by atoms with van der Waals surface area (Å²) in [4.78, 5) is 18.1. The van der Waals surface area contributed by atoms with Gasteiger partial charge in [-0.05, 0) is 32.9 Å². The molecule has 1 aliphatic heterocycles. The van der Waals surface area contributed by atoms with Crippen molar-refractivity contribution in [2.75, 3.05) is 10.7 Å². The van der Waals surface area contributed by atoms with Crippen LogP contribution in [-0.2, 0) is 4.79 Å². The van der Waals surface area contributed by atoms with Gasteiger partial charge >= 0.3 is 0 Å². The van der Waals surface area contributed by atoms with E-state index in [9.17, 15) is 4.79 Å². The maximum atomic E-state index is 11.9. The summed E-state index contributed by atoms with van der Waals surface area (Å²) in [6, 6.07) is 8.16. The SMILES string of the molecule is Cc1ccc(N2C(=O)CSC2=NC(C)C)cc1. The maximum absolute atomic E-state index is 11.9. The van der Waals surface area contributed by atoms with Crippen molar-refractivity contribution in [3.05, 3.63) is 29.8 Å². The van der Waals surface area contributed by atoms with Crippen molar-refractivity contribution in [1.29, 1.82) is 0 Å². The van der Waals surface area contributed by atoms with Crippen LogP contribution in [0.2, 0.25) is 0 Å². The summed E-state index contributed by atoms with van der Waals surface area (Å²) >= 11 is 1.51. The van der Waals surface area contributed by atoms with Crippen LogP contribution < -0.4 is 4.90 Å². The maximum Gasteiger partial charge on any atom is 0.243 e. The molecule has 2 rings (SSSR count). The Kier molecular flexibility index (Phi) is 3.52. The number of carbonyl (C=O) groups excluding carboxylic acids is 1. The van der Waals surface area contributed by atoms with Gasteiger partial charge in [0.1, 0.15) is 0 Å². The lowest BCUT2D eigenvalue weighted by Gasteiger charge is -2.16. The van der Waals surface area contributed by atoms with E-state index in [1.807, 2.05) is 45.0 Å². The molecule has 0 bridgehead atoms. The summed E-state index contributed by atoms with van der Waals surface area (Å²) in [5, 5.41) is 0.814. The van der Waals surface area contributed by atoms with E-state index in [1.54, 1.807) is 4.90 Å². The van der Waals surface area contributed by atoms with E-state index < -0.39 is 0 Å². The number of amidine groups is 1. The molecule has 17 heavy (non-hydrogen) atoms. The minimum Gasteiger partial charge on any atom is -0.273 e. The van der Waals surface area contributed by atoms with Gasteiger partial charge in [-0.3, -0.25) is 14.7 Å². The monoisotopic (exact) mass is 248 g/mol. The van der Waals surface area contributed by atoms with E-state index in [0.717, 1.165) is 10.9 Å². The van der Waals surface area contributed by atoms with Crippen molar-refractivity contribution in [3.8, 4) is 0 Å². The van der Waals surface area contributed by atoms with E-state index in [2.05, 4.69) is 4.99 Å². The second-order valence-corrected chi connectivity index (χ2v) is 5.30. The fourth-order valence-electron chi connectivity index (χ4n) is 1.63. The number of hydrogen-bond donors (Lipinski definition) is 0. The molecule has 1 aliphatic rings. The van der Waals surface area contributed by atoms with Gasteiger partial charge < -0.3 is 0 Å². The molecule has 0 saturated carbocycles. The average molecular weight is 248 g/mol. The fraction of sp³-hybridized carbons (Fsp3) is 0.385. The topological polar surface area (TPSA) is 32.7 Å². The number of rotatable bonds is 2. The highest BCUT2D eigenvalue weighted by atomic mass is 32.2. The van der Waals surface area contributed by atoms with Crippen molar-refractivity contribution in [1.82, 2.24) is 0 Å². The molecule has 1 aromatic rings. The number of amides is 1. The molecule has 1 aromatic carbocycles. The number of aliphatic imine (C=N–C) groups is 1. The van der Waals surface area contributed by atoms with Crippen LogP contribution in [0, 0.1) is 6.92 Å². The van der Waals surface area contributed by atoms with Gasteiger partial charge in [-0.1, -0.05) is 29.5 Å². The molecular formula is C13H16N2OS. The van der Waals surface area contributed by atoms with Crippen molar-refractivity contribution in [2.24, 2.45) is 4.99 Å². The van der Waals surface area contributed by atoms with Gasteiger partial charge in [-0.15, -0.1) is 0 Å². The van der Waals surface area contributed by atoms with Crippen LogP contribution in [0.5, 0.6) is 0 Å². The molecule has 3 nitrogen and oxygen atoms in total. The van der Waals surface area contributed by atoms with Gasteiger partial charge in [-0.2, -0.15) is 0 Å². The lowest BCUT2D eigenvalue weighted by Crippen LogP contribution is -2.29. The first kappa shape index (κ1) is 12.2. The van der Waals surface area contributed by atoms with Crippen LogP contribution in [0.4, 0.5) is 5.69 Å². The van der Waals surface area contributed by atoms with Gasteiger partial charge in [-0.25, -0.2) is 0 Å². The second-order valence-electron chi connectivity index (χ2n) is 4.36.